The van der Waals surface area contributed by atoms with Crippen LogP contribution in [0, 0.1) is 25.7 Å². The highest BCUT2D eigenvalue weighted by Crippen LogP contribution is 2.22. The quantitative estimate of drug-likeness (QED) is 0.605. The van der Waals surface area contributed by atoms with Gasteiger partial charge >= 0.3 is 0 Å². The zero-order chi connectivity index (χ0) is 23.9. The summed E-state index contributed by atoms with van der Waals surface area (Å²) >= 11 is 0. The van der Waals surface area contributed by atoms with E-state index in [0.717, 1.165) is 18.8 Å². The number of fused-ring (bicyclic) bond motifs is 1. The Labute approximate surface area is 193 Å². The number of nitrogens with one attached hydrogen (secondary N) is 1. The number of nitrogens with zero attached hydrogens (tertiary/aromatic N) is 4. The minimum atomic E-state index is -0.443. The van der Waals surface area contributed by atoms with Crippen LogP contribution in [0.15, 0.2) is 35.1 Å². The number of ketones is 1. The van der Waals surface area contributed by atoms with Gasteiger partial charge in [0.05, 0.1) is 11.9 Å². The molecule has 2 aromatic heterocycles. The van der Waals surface area contributed by atoms with Crippen LogP contribution >= 0.6 is 0 Å². The van der Waals surface area contributed by atoms with Crippen LogP contribution in [-0.4, -0.2) is 50.7 Å². The van der Waals surface area contributed by atoms with Crippen LogP contribution in [0.3, 0.4) is 0 Å². The topological polar surface area (TPSA) is 89.2 Å². The smallest absolute Gasteiger partial charge is 0.291 e. The molecule has 3 heterocycles. The van der Waals surface area contributed by atoms with E-state index in [-0.39, 0.29) is 17.0 Å². The third-order valence-corrected chi connectivity index (χ3v) is 6.43. The number of rotatable bonds is 5. The fourth-order valence-electron chi connectivity index (χ4n) is 5.05. The van der Waals surface area contributed by atoms with E-state index in [1.807, 2.05) is 19.9 Å². The first-order chi connectivity index (χ1) is 15.7. The van der Waals surface area contributed by atoms with E-state index in [1.165, 1.54) is 18.2 Å². The van der Waals surface area contributed by atoms with Gasteiger partial charge in [0, 0.05) is 42.5 Å². The van der Waals surface area contributed by atoms with Gasteiger partial charge in [-0.2, -0.15) is 5.10 Å². The number of aryl methyl sites for hydroxylation is 2. The van der Waals surface area contributed by atoms with Crippen molar-refractivity contribution in [2.24, 2.45) is 18.9 Å². The number of carbonyl (C=O) groups is 2. The summed E-state index contributed by atoms with van der Waals surface area (Å²) in [5.74, 6) is 0.770. The third kappa shape index (κ3) is 4.48. The van der Waals surface area contributed by atoms with Crippen molar-refractivity contribution in [2.45, 2.75) is 34.1 Å². The SMILES string of the molecule is Cc1cc(C(=O)CN2C[C@H](C)C[C@H](C)C2)c(C)n1NC(=O)c1nn(C)c(=O)c2ccccc12. The number of likely N-dealkylation sites (tertiary alicyclic amines) is 1. The Hall–Kier alpha value is -3.26. The first-order valence-electron chi connectivity index (χ1n) is 11.4. The van der Waals surface area contributed by atoms with Crippen molar-refractivity contribution >= 4 is 22.5 Å². The minimum absolute atomic E-state index is 0.0515. The molecule has 33 heavy (non-hydrogen) atoms. The molecule has 174 valence electrons. The Morgan fingerprint density at radius 2 is 1.73 bits per heavy atom. The lowest BCUT2D eigenvalue weighted by Gasteiger charge is -2.34. The number of amides is 1. The normalized spacial score (nSPS) is 19.1. The summed E-state index contributed by atoms with van der Waals surface area (Å²) in [6, 6.07) is 8.74. The summed E-state index contributed by atoms with van der Waals surface area (Å²) in [5.41, 5.74) is 4.79. The largest absolute Gasteiger partial charge is 0.295 e. The highest BCUT2D eigenvalue weighted by Gasteiger charge is 2.26. The number of carbonyl (C=O) groups excluding carboxylic acids is 2. The first kappa shape index (κ1) is 22.9. The number of Topliss-reactive ketones (excluding diaryl/α,β-unsaturated/α-hetero) is 1. The summed E-state index contributed by atoms with van der Waals surface area (Å²) in [6.45, 7) is 10.4. The molecule has 4 rings (SSSR count). The molecule has 0 bridgehead atoms. The Morgan fingerprint density at radius 3 is 2.39 bits per heavy atom. The van der Waals surface area contributed by atoms with Gasteiger partial charge in [-0.3, -0.25) is 29.4 Å². The van der Waals surface area contributed by atoms with Crippen molar-refractivity contribution < 1.29 is 9.59 Å². The molecule has 0 unspecified atom stereocenters. The summed E-state index contributed by atoms with van der Waals surface area (Å²) in [5, 5.41) is 5.12. The maximum absolute atomic E-state index is 13.2. The summed E-state index contributed by atoms with van der Waals surface area (Å²) < 4.78 is 2.79. The van der Waals surface area contributed by atoms with Gasteiger partial charge in [-0.25, -0.2) is 4.68 Å². The highest BCUT2D eigenvalue weighted by molar-refractivity contribution is 6.08. The van der Waals surface area contributed by atoms with E-state index < -0.39 is 5.91 Å². The molecule has 2 atom stereocenters. The summed E-state index contributed by atoms with van der Waals surface area (Å²) in [6.07, 6.45) is 1.19. The molecule has 3 aromatic rings. The van der Waals surface area contributed by atoms with Crippen molar-refractivity contribution in [3.63, 3.8) is 0 Å². The van der Waals surface area contributed by atoms with E-state index in [2.05, 4.69) is 29.3 Å². The molecule has 0 saturated carbocycles. The van der Waals surface area contributed by atoms with Crippen LogP contribution in [0.2, 0.25) is 0 Å². The summed E-state index contributed by atoms with van der Waals surface area (Å²) in [7, 11) is 1.52. The number of piperidine rings is 1. The molecule has 1 fully saturated rings. The Kier molecular flexibility index (Phi) is 6.21. The molecule has 0 spiro atoms. The summed E-state index contributed by atoms with van der Waals surface area (Å²) in [4.78, 5) is 40.9. The Bertz CT molecular complexity index is 1280. The van der Waals surface area contributed by atoms with Gasteiger partial charge in [0.15, 0.2) is 11.5 Å². The van der Waals surface area contributed by atoms with Crippen molar-refractivity contribution in [2.75, 3.05) is 25.1 Å². The molecule has 8 heteroatoms. The van der Waals surface area contributed by atoms with Crippen LogP contribution in [-0.2, 0) is 7.05 Å². The number of hydrogen-bond donors (Lipinski definition) is 1. The zero-order valence-corrected chi connectivity index (χ0v) is 19.9. The van der Waals surface area contributed by atoms with Gasteiger partial charge in [0.2, 0.25) is 0 Å². The molecule has 8 nitrogen and oxygen atoms in total. The maximum Gasteiger partial charge on any atom is 0.291 e. The van der Waals surface area contributed by atoms with Crippen molar-refractivity contribution in [1.82, 2.24) is 19.4 Å². The molecule has 1 amide bonds. The van der Waals surface area contributed by atoms with E-state index in [9.17, 15) is 14.4 Å². The Morgan fingerprint density at radius 1 is 1.09 bits per heavy atom. The third-order valence-electron chi connectivity index (χ3n) is 6.43. The molecule has 1 aliphatic heterocycles. The second kappa shape index (κ2) is 8.94. The average Bonchev–Trinajstić information content (AvgIpc) is 3.04. The average molecular weight is 450 g/mol. The predicted octanol–water partition coefficient (Wildman–Crippen LogP) is 2.90. The second-order valence-electron chi connectivity index (χ2n) is 9.45. The van der Waals surface area contributed by atoms with E-state index in [4.69, 9.17) is 0 Å². The molecule has 1 aromatic carbocycles. The number of aromatic nitrogens is 3. The minimum Gasteiger partial charge on any atom is -0.295 e. The van der Waals surface area contributed by atoms with Gasteiger partial charge in [-0.15, -0.1) is 0 Å². The Balaban J connectivity index is 1.59. The maximum atomic E-state index is 13.2. The van der Waals surface area contributed by atoms with Gasteiger partial charge in [-0.1, -0.05) is 32.0 Å². The van der Waals surface area contributed by atoms with E-state index in [1.54, 1.807) is 28.9 Å². The van der Waals surface area contributed by atoms with Gasteiger partial charge in [0.25, 0.3) is 11.5 Å². The van der Waals surface area contributed by atoms with E-state index >= 15 is 0 Å². The van der Waals surface area contributed by atoms with E-state index in [0.29, 0.717) is 40.4 Å². The van der Waals surface area contributed by atoms with Crippen LogP contribution in [0.25, 0.3) is 10.8 Å². The van der Waals surface area contributed by atoms with Gasteiger partial charge in [-0.05, 0) is 44.2 Å². The lowest BCUT2D eigenvalue weighted by atomic mass is 9.91. The molecular formula is C25H31N5O3. The molecule has 1 saturated heterocycles. The highest BCUT2D eigenvalue weighted by atomic mass is 16.2. The monoisotopic (exact) mass is 449 g/mol. The van der Waals surface area contributed by atoms with Crippen molar-refractivity contribution in [1.29, 1.82) is 0 Å². The molecule has 1 aliphatic rings. The van der Waals surface area contributed by atoms with Gasteiger partial charge in [0.1, 0.15) is 0 Å². The second-order valence-corrected chi connectivity index (χ2v) is 9.45. The number of hydrogen-bond acceptors (Lipinski definition) is 5. The first-order valence-corrected chi connectivity index (χ1v) is 11.4. The molecule has 0 aliphatic carbocycles. The van der Waals surface area contributed by atoms with Crippen molar-refractivity contribution in [3.8, 4) is 0 Å². The van der Waals surface area contributed by atoms with Gasteiger partial charge < -0.3 is 0 Å². The van der Waals surface area contributed by atoms with Crippen LogP contribution in [0.5, 0.6) is 0 Å². The molecule has 0 radical (unpaired) electrons. The fourth-order valence-corrected chi connectivity index (χ4v) is 5.05. The lowest BCUT2D eigenvalue weighted by molar-refractivity contribution is 0.0848. The molecule has 1 N–H and O–H groups in total. The van der Waals surface area contributed by atoms with Crippen molar-refractivity contribution in [3.05, 3.63) is 63.3 Å². The number of benzene rings is 1. The zero-order valence-electron chi connectivity index (χ0n) is 19.9. The standard InChI is InChI=1S/C25H31N5O3/c1-15-10-16(2)13-29(12-15)14-22(31)21-11-17(3)30(18(21)4)27-24(32)23-19-8-6-7-9-20(19)25(33)28(5)26-23/h6-9,11,15-16H,10,12-14H2,1-5H3,(H,27,32)/t15-,16+. The fraction of sp³-hybridized carbons (Fsp3) is 0.440. The van der Waals surface area contributed by atoms with Crippen LogP contribution in [0.4, 0.5) is 0 Å². The van der Waals surface area contributed by atoms with Crippen LogP contribution in [0.1, 0.15) is 52.5 Å². The lowest BCUT2D eigenvalue weighted by Crippen LogP contribution is -2.41. The molecular weight excluding hydrogens is 418 g/mol. The van der Waals surface area contributed by atoms with Crippen LogP contribution < -0.4 is 11.0 Å². The predicted molar refractivity (Wildman–Crippen MR) is 128 cm³/mol.